The summed E-state index contributed by atoms with van der Waals surface area (Å²) in [6.07, 6.45) is 2.41. The number of aliphatic hydroxyl groups excluding tert-OH is 1. The number of methoxy groups -OCH3 is 2. The van der Waals surface area contributed by atoms with Gasteiger partial charge in [-0.2, -0.15) is 0 Å². The summed E-state index contributed by atoms with van der Waals surface area (Å²) in [7, 11) is 3.28. The number of benzene rings is 4. The van der Waals surface area contributed by atoms with E-state index in [1.54, 1.807) is 44.8 Å². The van der Waals surface area contributed by atoms with Gasteiger partial charge in [-0.15, -0.1) is 0 Å². The number of aromatic nitrogens is 4. The SMILES string of the molecule is COc1ccc(C(OC[C@@]2(CO)CN(C(C)C)C[C@H](n3cnc4c(NC(=O)c5ccccc5)ncnc43)O2)(c2ccccc2)c2ccc(OC)cc2)cc1. The first-order chi connectivity index (χ1) is 26.3. The first kappa shape index (κ1) is 36.7. The van der Waals surface area contributed by atoms with Gasteiger partial charge in [0.2, 0.25) is 0 Å². The Morgan fingerprint density at radius 2 is 1.46 bits per heavy atom. The molecule has 0 unspecified atom stereocenters. The Kier molecular flexibility index (Phi) is 10.7. The Bertz CT molecular complexity index is 2110. The molecular formula is C42H44N6O6. The molecule has 1 saturated heterocycles. The molecular weight excluding hydrogens is 684 g/mol. The molecule has 0 spiro atoms. The van der Waals surface area contributed by atoms with Gasteiger partial charge >= 0.3 is 0 Å². The van der Waals surface area contributed by atoms with Gasteiger partial charge in [0.05, 0.1) is 33.8 Å². The van der Waals surface area contributed by atoms with Gasteiger partial charge in [0.15, 0.2) is 17.0 Å². The largest absolute Gasteiger partial charge is 0.497 e. The number of hydrogen-bond donors (Lipinski definition) is 2. The lowest BCUT2D eigenvalue weighted by Crippen LogP contribution is -2.60. The molecule has 12 nitrogen and oxygen atoms in total. The van der Waals surface area contributed by atoms with Crippen LogP contribution in [0.25, 0.3) is 11.2 Å². The molecule has 54 heavy (non-hydrogen) atoms. The molecule has 0 bridgehead atoms. The Morgan fingerprint density at radius 1 is 0.870 bits per heavy atom. The summed E-state index contributed by atoms with van der Waals surface area (Å²) in [5.74, 6) is 1.41. The van der Waals surface area contributed by atoms with Crippen molar-refractivity contribution < 1.29 is 28.8 Å². The zero-order valence-corrected chi connectivity index (χ0v) is 30.8. The molecule has 2 atom stereocenters. The molecule has 2 N–H and O–H groups in total. The third kappa shape index (κ3) is 7.16. The number of fused-ring (bicyclic) bond motifs is 1. The number of morpholine rings is 1. The molecule has 7 rings (SSSR count). The Labute approximate surface area is 314 Å². The van der Waals surface area contributed by atoms with Crippen LogP contribution in [-0.4, -0.2) is 87.6 Å². The molecule has 1 fully saturated rings. The van der Waals surface area contributed by atoms with Crippen LogP contribution < -0.4 is 14.8 Å². The van der Waals surface area contributed by atoms with Crippen LogP contribution in [0.4, 0.5) is 5.82 Å². The number of rotatable bonds is 13. The number of imidazole rings is 1. The fraction of sp³-hybridized carbons (Fsp3) is 0.286. The highest BCUT2D eigenvalue weighted by Crippen LogP contribution is 2.43. The van der Waals surface area contributed by atoms with E-state index in [2.05, 4.69) is 39.0 Å². The van der Waals surface area contributed by atoms with Gasteiger partial charge in [0.1, 0.15) is 35.3 Å². The maximum atomic E-state index is 13.0. The molecule has 6 aromatic rings. The van der Waals surface area contributed by atoms with Crippen molar-refractivity contribution in [1.29, 1.82) is 0 Å². The van der Waals surface area contributed by atoms with Gasteiger partial charge in [-0.3, -0.25) is 14.3 Å². The molecule has 3 heterocycles. The van der Waals surface area contributed by atoms with Gasteiger partial charge in [0.25, 0.3) is 5.91 Å². The number of carbonyl (C=O) groups is 1. The number of carbonyl (C=O) groups excluding carboxylic acids is 1. The first-order valence-electron chi connectivity index (χ1n) is 17.8. The van der Waals surface area contributed by atoms with Crippen molar-refractivity contribution in [1.82, 2.24) is 24.4 Å². The molecule has 0 radical (unpaired) electrons. The quantitative estimate of drug-likeness (QED) is 0.135. The summed E-state index contributed by atoms with van der Waals surface area (Å²) < 4.78 is 27.1. The normalized spacial score (nSPS) is 17.8. The molecule has 4 aromatic carbocycles. The zero-order chi connectivity index (χ0) is 37.7. The van der Waals surface area contributed by atoms with Gasteiger partial charge in [-0.05, 0) is 66.9 Å². The molecule has 1 amide bonds. The monoisotopic (exact) mass is 728 g/mol. The predicted molar refractivity (Wildman–Crippen MR) is 205 cm³/mol. The number of aliphatic hydroxyl groups is 1. The van der Waals surface area contributed by atoms with Gasteiger partial charge in [-0.1, -0.05) is 72.8 Å². The van der Waals surface area contributed by atoms with Crippen molar-refractivity contribution in [3.63, 3.8) is 0 Å². The van der Waals surface area contributed by atoms with Gasteiger partial charge in [-0.25, -0.2) is 15.0 Å². The smallest absolute Gasteiger partial charge is 0.256 e. The van der Waals surface area contributed by atoms with Crippen LogP contribution in [0.3, 0.4) is 0 Å². The summed E-state index contributed by atoms with van der Waals surface area (Å²) in [4.78, 5) is 28.8. The Balaban J connectivity index is 1.27. The van der Waals surface area contributed by atoms with E-state index in [1.807, 2.05) is 89.5 Å². The van der Waals surface area contributed by atoms with Crippen molar-refractivity contribution in [2.45, 2.75) is 37.3 Å². The fourth-order valence-corrected chi connectivity index (χ4v) is 6.99. The molecule has 2 aromatic heterocycles. The Hall–Kier alpha value is -5.66. The highest BCUT2D eigenvalue weighted by molar-refractivity contribution is 6.06. The molecule has 1 aliphatic heterocycles. The van der Waals surface area contributed by atoms with Crippen LogP contribution >= 0.6 is 0 Å². The minimum absolute atomic E-state index is 0.0101. The van der Waals surface area contributed by atoms with E-state index in [1.165, 1.54) is 6.33 Å². The molecule has 0 aliphatic carbocycles. The van der Waals surface area contributed by atoms with Crippen LogP contribution in [-0.2, 0) is 15.1 Å². The lowest BCUT2D eigenvalue weighted by Gasteiger charge is -2.48. The number of anilines is 1. The van der Waals surface area contributed by atoms with E-state index in [9.17, 15) is 9.90 Å². The molecule has 1 aliphatic rings. The highest BCUT2D eigenvalue weighted by Gasteiger charge is 2.46. The first-order valence-corrected chi connectivity index (χ1v) is 17.8. The fourth-order valence-electron chi connectivity index (χ4n) is 6.99. The van der Waals surface area contributed by atoms with Crippen LogP contribution in [0.15, 0.2) is 122 Å². The minimum atomic E-state index is -1.18. The second-order valence-electron chi connectivity index (χ2n) is 13.6. The standard InChI is InChI=1S/C42H44N6O6/c1-29(2)47-23-36(48-28-45-37-38(43-27-44-39(37)48)46-40(50)30-11-7-5-8-12-30)54-41(24-47,25-49)26-53-42(31-13-9-6-10-14-31,32-15-19-34(51-3)20-16-32)33-17-21-35(52-4)22-18-33/h5-22,27-29,36,49H,23-26H2,1-4H3,(H,43,44,46,50)/t36-,41+/m1/s1. The van der Waals surface area contributed by atoms with Crippen LogP contribution in [0.5, 0.6) is 11.5 Å². The predicted octanol–water partition coefficient (Wildman–Crippen LogP) is 6.07. The van der Waals surface area contributed by atoms with E-state index in [0.717, 1.165) is 16.7 Å². The van der Waals surface area contributed by atoms with Crippen LogP contribution in [0.2, 0.25) is 0 Å². The zero-order valence-electron chi connectivity index (χ0n) is 30.8. The van der Waals surface area contributed by atoms with Crippen molar-refractivity contribution >= 4 is 22.9 Å². The van der Waals surface area contributed by atoms with Gasteiger partial charge in [0, 0.05) is 24.7 Å². The average molecular weight is 729 g/mol. The molecule has 0 saturated carbocycles. The van der Waals surface area contributed by atoms with Crippen molar-refractivity contribution in [3.05, 3.63) is 144 Å². The maximum Gasteiger partial charge on any atom is 0.256 e. The van der Waals surface area contributed by atoms with Crippen molar-refractivity contribution in [2.75, 3.05) is 45.8 Å². The highest BCUT2D eigenvalue weighted by atomic mass is 16.6. The summed E-state index contributed by atoms with van der Waals surface area (Å²) in [6, 6.07) is 34.7. The topological polar surface area (TPSA) is 133 Å². The van der Waals surface area contributed by atoms with Crippen molar-refractivity contribution in [3.8, 4) is 11.5 Å². The Morgan fingerprint density at radius 3 is 2.04 bits per heavy atom. The van der Waals surface area contributed by atoms with E-state index >= 15 is 0 Å². The second-order valence-corrected chi connectivity index (χ2v) is 13.6. The van der Waals surface area contributed by atoms with E-state index in [4.69, 9.17) is 18.9 Å². The lowest BCUT2D eigenvalue weighted by molar-refractivity contribution is -0.232. The number of amides is 1. The van der Waals surface area contributed by atoms with Crippen LogP contribution in [0, 0.1) is 0 Å². The number of ether oxygens (including phenoxy) is 4. The van der Waals surface area contributed by atoms with Crippen molar-refractivity contribution in [2.24, 2.45) is 0 Å². The number of hydrogen-bond acceptors (Lipinski definition) is 10. The number of nitrogens with zero attached hydrogens (tertiary/aromatic N) is 5. The van der Waals surface area contributed by atoms with E-state index < -0.39 is 17.4 Å². The van der Waals surface area contributed by atoms with E-state index in [-0.39, 0.29) is 31.0 Å². The third-order valence-corrected chi connectivity index (χ3v) is 9.95. The lowest BCUT2D eigenvalue weighted by atomic mass is 9.79. The molecule has 12 heteroatoms. The summed E-state index contributed by atoms with van der Waals surface area (Å²) in [6.45, 7) is 4.79. The van der Waals surface area contributed by atoms with E-state index in [0.29, 0.717) is 41.3 Å². The second kappa shape index (κ2) is 15.7. The summed E-state index contributed by atoms with van der Waals surface area (Å²) in [5.41, 5.74) is 1.71. The van der Waals surface area contributed by atoms with Gasteiger partial charge < -0.3 is 29.4 Å². The third-order valence-electron chi connectivity index (χ3n) is 9.95. The number of nitrogens with one attached hydrogen (secondary N) is 1. The summed E-state index contributed by atoms with van der Waals surface area (Å²) in [5, 5.41) is 14.2. The average Bonchev–Trinajstić information content (AvgIpc) is 3.67. The minimum Gasteiger partial charge on any atom is -0.497 e. The summed E-state index contributed by atoms with van der Waals surface area (Å²) >= 11 is 0. The maximum absolute atomic E-state index is 13.0. The van der Waals surface area contributed by atoms with Crippen LogP contribution in [0.1, 0.15) is 47.1 Å². The molecule has 278 valence electrons.